The summed E-state index contributed by atoms with van der Waals surface area (Å²) in [4.78, 5) is 10.5. The number of primary amides is 1. The first kappa shape index (κ1) is 25.4. The lowest BCUT2D eigenvalue weighted by Crippen LogP contribution is -2.09. The van der Waals surface area contributed by atoms with E-state index in [1.54, 1.807) is 13.8 Å². The Morgan fingerprint density at radius 2 is 1.21 bits per heavy atom. The monoisotopic (exact) mass is 341 g/mol. The number of aliphatic hydroxyl groups excluding tert-OH is 1. The van der Waals surface area contributed by atoms with Crippen LogP contribution in [-0.4, -0.2) is 17.1 Å². The van der Waals surface area contributed by atoms with Crippen LogP contribution in [-0.2, 0) is 4.79 Å². The van der Waals surface area contributed by atoms with Crippen molar-refractivity contribution in [1.29, 1.82) is 0 Å². The normalized spacial score (nSPS) is 10.9. The van der Waals surface area contributed by atoms with Gasteiger partial charge >= 0.3 is 0 Å². The summed E-state index contributed by atoms with van der Waals surface area (Å²) in [5.74, 6) is -0.164. The number of nitrogens with two attached hydrogens (primary N) is 1. The first-order valence-corrected chi connectivity index (χ1v) is 10.1. The number of carbonyl (C=O) groups is 1. The molecule has 0 atom stereocenters. The van der Waals surface area contributed by atoms with Crippen LogP contribution in [0.2, 0.25) is 0 Å². The van der Waals surface area contributed by atoms with E-state index in [4.69, 9.17) is 10.8 Å². The topological polar surface area (TPSA) is 63.3 Å². The molecule has 0 unspecified atom stereocenters. The molecule has 24 heavy (non-hydrogen) atoms. The van der Waals surface area contributed by atoms with Crippen LogP contribution in [0.25, 0.3) is 0 Å². The first-order chi connectivity index (χ1) is 11.5. The largest absolute Gasteiger partial charge is 0.394 e. The molecule has 0 radical (unpaired) electrons. The van der Waals surface area contributed by atoms with E-state index < -0.39 is 0 Å². The third-order valence-corrected chi connectivity index (χ3v) is 3.68. The van der Waals surface area contributed by atoms with E-state index >= 15 is 0 Å². The molecule has 0 fully saturated rings. The summed E-state index contributed by atoms with van der Waals surface area (Å²) in [6.45, 7) is 5.71. The fraction of sp³-hybridized carbons (Fsp3) is 0.857. The number of rotatable bonds is 15. The summed E-state index contributed by atoms with van der Waals surface area (Å²) in [6.07, 6.45) is 21.8. The van der Waals surface area contributed by atoms with E-state index in [0.717, 1.165) is 12.8 Å². The van der Waals surface area contributed by atoms with E-state index in [1.165, 1.54) is 70.6 Å². The molecule has 0 aromatic carbocycles. The van der Waals surface area contributed by atoms with Crippen molar-refractivity contribution in [3.05, 3.63) is 12.2 Å². The summed E-state index contributed by atoms with van der Waals surface area (Å²) >= 11 is 0. The van der Waals surface area contributed by atoms with Crippen LogP contribution in [0.15, 0.2) is 12.2 Å². The van der Waals surface area contributed by atoms with Gasteiger partial charge in [-0.2, -0.15) is 0 Å². The van der Waals surface area contributed by atoms with Crippen LogP contribution in [0, 0.1) is 0 Å². The fourth-order valence-electron chi connectivity index (χ4n) is 2.37. The lowest BCUT2D eigenvalue weighted by Gasteiger charge is -1.99. The van der Waals surface area contributed by atoms with Gasteiger partial charge in [-0.1, -0.05) is 70.4 Å². The molecule has 0 saturated heterocycles. The highest BCUT2D eigenvalue weighted by Crippen LogP contribution is 2.09. The second-order valence-electron chi connectivity index (χ2n) is 6.89. The van der Waals surface area contributed by atoms with Crippen LogP contribution in [0.5, 0.6) is 0 Å². The van der Waals surface area contributed by atoms with Crippen LogP contribution < -0.4 is 5.73 Å². The second kappa shape index (κ2) is 22.2. The van der Waals surface area contributed by atoms with Crippen LogP contribution in [0.1, 0.15) is 111 Å². The maximum absolute atomic E-state index is 10.5. The third-order valence-electron chi connectivity index (χ3n) is 3.68. The summed E-state index contributed by atoms with van der Waals surface area (Å²) in [7, 11) is 0. The Balaban J connectivity index is 0. The molecule has 0 spiro atoms. The molecule has 0 bridgehead atoms. The van der Waals surface area contributed by atoms with Gasteiger partial charge in [-0.3, -0.25) is 4.79 Å². The minimum atomic E-state index is -0.167. The van der Waals surface area contributed by atoms with Gasteiger partial charge in [0.2, 0.25) is 5.91 Å². The number of amides is 1. The van der Waals surface area contributed by atoms with Gasteiger partial charge in [0.25, 0.3) is 0 Å². The number of aliphatic hydroxyl groups is 1. The predicted molar refractivity (Wildman–Crippen MR) is 106 cm³/mol. The van der Waals surface area contributed by atoms with Crippen molar-refractivity contribution in [1.82, 2.24) is 0 Å². The van der Waals surface area contributed by atoms with Crippen LogP contribution >= 0.6 is 0 Å². The van der Waals surface area contributed by atoms with Crippen molar-refractivity contribution in [3.8, 4) is 0 Å². The van der Waals surface area contributed by atoms with Gasteiger partial charge in [0.1, 0.15) is 0 Å². The second-order valence-corrected chi connectivity index (χ2v) is 6.89. The van der Waals surface area contributed by atoms with Gasteiger partial charge in [-0.15, -0.1) is 0 Å². The zero-order valence-corrected chi connectivity index (χ0v) is 16.6. The molecule has 0 saturated carbocycles. The van der Waals surface area contributed by atoms with Crippen molar-refractivity contribution in [2.45, 2.75) is 117 Å². The summed E-state index contributed by atoms with van der Waals surface area (Å²) in [5.41, 5.74) is 5.10. The molecule has 3 heteroatoms. The summed E-state index contributed by atoms with van der Waals surface area (Å²) in [5, 5.41) is 8.06. The van der Waals surface area contributed by atoms with E-state index in [9.17, 15) is 4.79 Å². The van der Waals surface area contributed by atoms with E-state index in [2.05, 4.69) is 19.1 Å². The standard InChI is InChI=1S/C18H35NO.C3H8O/c1-2-3-4-5-6-7-8-9-10-11-12-13-14-15-16-17-18(19)20;1-3(2)4/h9-10H,2-8,11-17H2,1H3,(H2,19,20);3-4H,1-2H3. The molecular weight excluding hydrogens is 298 g/mol. The molecule has 3 N–H and O–H groups in total. The Morgan fingerprint density at radius 3 is 1.62 bits per heavy atom. The van der Waals surface area contributed by atoms with Crippen molar-refractivity contribution in [2.75, 3.05) is 0 Å². The average Bonchev–Trinajstić information content (AvgIpc) is 2.50. The molecule has 0 aromatic rings. The molecule has 144 valence electrons. The number of carbonyl (C=O) groups excluding carboxylic acids is 1. The fourth-order valence-corrected chi connectivity index (χ4v) is 2.37. The van der Waals surface area contributed by atoms with E-state index in [1.807, 2.05) is 0 Å². The van der Waals surface area contributed by atoms with Crippen LogP contribution in [0.3, 0.4) is 0 Å². The highest BCUT2D eigenvalue weighted by molar-refractivity contribution is 5.73. The summed E-state index contributed by atoms with van der Waals surface area (Å²) < 4.78 is 0. The Hall–Kier alpha value is -0.830. The third kappa shape index (κ3) is 32.9. The van der Waals surface area contributed by atoms with Gasteiger partial charge in [0.15, 0.2) is 0 Å². The smallest absolute Gasteiger partial charge is 0.217 e. The lowest BCUT2D eigenvalue weighted by atomic mass is 10.1. The molecule has 0 aliphatic rings. The molecule has 1 amide bonds. The summed E-state index contributed by atoms with van der Waals surface area (Å²) in [6, 6.07) is 0. The quantitative estimate of drug-likeness (QED) is 0.288. The number of allylic oxidation sites excluding steroid dienone is 2. The Bertz CT molecular complexity index is 272. The average molecular weight is 342 g/mol. The maximum Gasteiger partial charge on any atom is 0.217 e. The Labute approximate surface area is 151 Å². The number of hydrogen-bond donors (Lipinski definition) is 2. The predicted octanol–water partition coefficient (Wildman–Crippen LogP) is 5.90. The molecule has 3 nitrogen and oxygen atoms in total. The molecular formula is C21H43NO2. The van der Waals surface area contributed by atoms with Crippen molar-refractivity contribution in [2.24, 2.45) is 5.73 Å². The highest BCUT2D eigenvalue weighted by Gasteiger charge is 1.94. The van der Waals surface area contributed by atoms with Crippen LogP contribution in [0.4, 0.5) is 0 Å². The van der Waals surface area contributed by atoms with Crippen molar-refractivity contribution in [3.63, 3.8) is 0 Å². The molecule has 0 aliphatic heterocycles. The van der Waals surface area contributed by atoms with Crippen molar-refractivity contribution >= 4 is 5.91 Å². The van der Waals surface area contributed by atoms with Gasteiger partial charge < -0.3 is 10.8 Å². The van der Waals surface area contributed by atoms with E-state index in [-0.39, 0.29) is 12.0 Å². The number of hydrogen-bond acceptors (Lipinski definition) is 2. The van der Waals surface area contributed by atoms with Crippen molar-refractivity contribution < 1.29 is 9.90 Å². The first-order valence-electron chi connectivity index (χ1n) is 10.1. The minimum Gasteiger partial charge on any atom is -0.394 e. The minimum absolute atomic E-state index is 0.164. The SMILES string of the molecule is CC(C)O.CCCCCCCCC=CCCCCCCCC(N)=O. The maximum atomic E-state index is 10.5. The zero-order chi connectivity index (χ0) is 18.5. The van der Waals surface area contributed by atoms with Gasteiger partial charge in [0.05, 0.1) is 0 Å². The van der Waals surface area contributed by atoms with E-state index in [0.29, 0.717) is 6.42 Å². The Morgan fingerprint density at radius 1 is 0.833 bits per heavy atom. The molecule has 0 aromatic heterocycles. The molecule has 0 heterocycles. The zero-order valence-electron chi connectivity index (χ0n) is 16.6. The van der Waals surface area contributed by atoms with Gasteiger partial charge in [0, 0.05) is 12.5 Å². The van der Waals surface area contributed by atoms with Gasteiger partial charge in [-0.05, 0) is 46.0 Å². The molecule has 0 rings (SSSR count). The highest BCUT2D eigenvalue weighted by atomic mass is 16.3. The number of unbranched alkanes of at least 4 members (excludes halogenated alkanes) is 11. The Kier molecular flexibility index (Phi) is 23.5. The van der Waals surface area contributed by atoms with Gasteiger partial charge in [-0.25, -0.2) is 0 Å². The molecule has 0 aliphatic carbocycles. The lowest BCUT2D eigenvalue weighted by molar-refractivity contribution is -0.118.